The van der Waals surface area contributed by atoms with Crippen molar-refractivity contribution in [3.63, 3.8) is 0 Å². The van der Waals surface area contributed by atoms with Crippen molar-refractivity contribution in [2.75, 3.05) is 7.11 Å². The molecule has 0 fully saturated rings. The number of alkyl halides is 3. The van der Waals surface area contributed by atoms with E-state index in [-0.39, 0.29) is 22.1 Å². The third-order valence-electron chi connectivity index (χ3n) is 1.63. The monoisotopic (exact) mass is 298 g/mol. The van der Waals surface area contributed by atoms with Crippen molar-refractivity contribution in [1.29, 1.82) is 0 Å². The van der Waals surface area contributed by atoms with Crippen molar-refractivity contribution < 1.29 is 27.4 Å². The quantitative estimate of drug-likeness (QED) is 0.804. The van der Waals surface area contributed by atoms with Gasteiger partial charge in [0.25, 0.3) is 0 Å². The van der Waals surface area contributed by atoms with Crippen LogP contribution in [0.25, 0.3) is 0 Å². The molecule has 1 aromatic carbocycles. The van der Waals surface area contributed by atoms with Crippen LogP contribution in [0, 0.1) is 0 Å². The number of hydrogen-bond acceptors (Lipinski definition) is 3. The number of ether oxygens (including phenoxy) is 2. The fourth-order valence-electron chi connectivity index (χ4n) is 1.02. The summed E-state index contributed by atoms with van der Waals surface area (Å²) in [6, 6.07) is 2.42. The number of carbonyl (C=O) groups excluding carboxylic acids is 1. The van der Waals surface area contributed by atoms with E-state index in [1.807, 2.05) is 0 Å². The molecule has 0 radical (unpaired) electrons. The van der Waals surface area contributed by atoms with E-state index in [0.29, 0.717) is 0 Å². The lowest BCUT2D eigenvalue weighted by molar-refractivity contribution is -0.275. The minimum Gasteiger partial charge on any atom is -0.497 e. The summed E-state index contributed by atoms with van der Waals surface area (Å²) in [4.78, 5) is 10.6. The molecule has 0 atom stereocenters. The molecule has 0 amide bonds. The third kappa shape index (κ3) is 3.13. The van der Waals surface area contributed by atoms with Gasteiger partial charge in [-0.25, -0.2) is 0 Å². The summed E-state index contributed by atoms with van der Waals surface area (Å²) < 4.78 is 44.6. The van der Waals surface area contributed by atoms with E-state index < -0.39 is 12.1 Å². The van der Waals surface area contributed by atoms with Crippen molar-refractivity contribution in [1.82, 2.24) is 0 Å². The zero-order valence-corrected chi connectivity index (χ0v) is 9.55. The van der Waals surface area contributed by atoms with Gasteiger partial charge in [-0.3, -0.25) is 4.79 Å². The SMILES string of the molecule is COc1cc(Br)c(OC(F)(F)F)c(C=O)c1. The molecule has 0 unspecified atom stereocenters. The van der Waals surface area contributed by atoms with Crippen molar-refractivity contribution in [2.45, 2.75) is 6.36 Å². The fraction of sp³-hybridized carbons (Fsp3) is 0.222. The summed E-state index contributed by atoms with van der Waals surface area (Å²) in [6.45, 7) is 0. The highest BCUT2D eigenvalue weighted by atomic mass is 79.9. The van der Waals surface area contributed by atoms with Crippen LogP contribution in [0.2, 0.25) is 0 Å². The van der Waals surface area contributed by atoms with Gasteiger partial charge in [-0.15, -0.1) is 13.2 Å². The van der Waals surface area contributed by atoms with Crippen LogP contribution in [0.15, 0.2) is 16.6 Å². The van der Waals surface area contributed by atoms with Gasteiger partial charge in [0.15, 0.2) is 12.0 Å². The topological polar surface area (TPSA) is 35.5 Å². The molecule has 16 heavy (non-hydrogen) atoms. The normalized spacial score (nSPS) is 11.1. The van der Waals surface area contributed by atoms with Crippen LogP contribution in [0.4, 0.5) is 13.2 Å². The Balaban J connectivity index is 3.22. The molecule has 0 saturated heterocycles. The Morgan fingerprint density at radius 3 is 2.44 bits per heavy atom. The summed E-state index contributed by atoms with van der Waals surface area (Å²) in [6.07, 6.45) is -4.59. The summed E-state index contributed by atoms with van der Waals surface area (Å²) in [5, 5.41) is 0. The molecule has 7 heteroatoms. The van der Waals surface area contributed by atoms with E-state index >= 15 is 0 Å². The highest BCUT2D eigenvalue weighted by Gasteiger charge is 2.33. The summed E-state index contributed by atoms with van der Waals surface area (Å²) in [5.41, 5.74) is -0.247. The molecule has 0 bridgehead atoms. The molecule has 88 valence electrons. The Labute approximate surface area is 97.3 Å². The average Bonchev–Trinajstić information content (AvgIpc) is 2.19. The lowest BCUT2D eigenvalue weighted by Crippen LogP contribution is -2.18. The molecule has 0 heterocycles. The molecule has 1 rings (SSSR count). The van der Waals surface area contributed by atoms with Gasteiger partial charge < -0.3 is 9.47 Å². The van der Waals surface area contributed by atoms with E-state index in [0.717, 1.165) is 6.07 Å². The molecular weight excluding hydrogens is 293 g/mol. The van der Waals surface area contributed by atoms with Gasteiger partial charge in [-0.05, 0) is 28.1 Å². The molecule has 3 nitrogen and oxygen atoms in total. The van der Waals surface area contributed by atoms with E-state index in [9.17, 15) is 18.0 Å². The number of aldehydes is 1. The van der Waals surface area contributed by atoms with Crippen LogP contribution in [0.3, 0.4) is 0 Å². The lowest BCUT2D eigenvalue weighted by Gasteiger charge is -2.13. The highest BCUT2D eigenvalue weighted by Crippen LogP contribution is 2.36. The number of benzene rings is 1. The number of hydrogen-bond donors (Lipinski definition) is 0. The smallest absolute Gasteiger partial charge is 0.497 e. The largest absolute Gasteiger partial charge is 0.573 e. The second-order valence-electron chi connectivity index (χ2n) is 2.69. The molecule has 0 aliphatic heterocycles. The first-order chi connectivity index (χ1) is 7.37. The number of methoxy groups -OCH3 is 1. The van der Waals surface area contributed by atoms with E-state index in [1.165, 1.54) is 13.2 Å². The van der Waals surface area contributed by atoms with E-state index in [1.54, 1.807) is 0 Å². The van der Waals surface area contributed by atoms with E-state index in [4.69, 9.17) is 4.74 Å². The minimum absolute atomic E-state index is 0.00808. The van der Waals surface area contributed by atoms with Crippen LogP contribution in [0.1, 0.15) is 10.4 Å². The molecule has 0 aromatic heterocycles. The maximum atomic E-state index is 12.0. The third-order valence-corrected chi connectivity index (χ3v) is 2.22. The molecule has 0 N–H and O–H groups in total. The summed E-state index contributed by atoms with van der Waals surface area (Å²) in [7, 11) is 1.33. The van der Waals surface area contributed by atoms with Gasteiger partial charge in [0.2, 0.25) is 0 Å². The van der Waals surface area contributed by atoms with E-state index in [2.05, 4.69) is 20.7 Å². The fourth-order valence-corrected chi connectivity index (χ4v) is 1.55. The number of carbonyl (C=O) groups is 1. The van der Waals surface area contributed by atoms with Gasteiger partial charge in [0.05, 0.1) is 17.1 Å². The second-order valence-corrected chi connectivity index (χ2v) is 3.55. The first-order valence-electron chi connectivity index (χ1n) is 3.96. The predicted octanol–water partition coefficient (Wildman–Crippen LogP) is 3.17. The number of halogens is 4. The molecular formula is C9H6BrF3O3. The van der Waals surface area contributed by atoms with Crippen LogP contribution in [-0.2, 0) is 0 Å². The molecule has 0 saturated carbocycles. The van der Waals surface area contributed by atoms with Gasteiger partial charge >= 0.3 is 6.36 Å². The van der Waals surface area contributed by atoms with Crippen molar-refractivity contribution in [3.8, 4) is 11.5 Å². The Bertz CT molecular complexity index is 404. The molecule has 0 aliphatic rings. The van der Waals surface area contributed by atoms with Crippen LogP contribution in [0.5, 0.6) is 11.5 Å². The Morgan fingerprint density at radius 2 is 2.00 bits per heavy atom. The van der Waals surface area contributed by atoms with Crippen LogP contribution < -0.4 is 9.47 Å². The average molecular weight is 299 g/mol. The minimum atomic E-state index is -4.85. The first-order valence-corrected chi connectivity index (χ1v) is 4.75. The maximum absolute atomic E-state index is 12.0. The molecule has 0 aliphatic carbocycles. The lowest BCUT2D eigenvalue weighted by atomic mass is 10.2. The predicted molar refractivity (Wildman–Crippen MR) is 52.8 cm³/mol. The Hall–Kier alpha value is -1.24. The summed E-state index contributed by atoms with van der Waals surface area (Å²) in [5.74, 6) is -0.327. The van der Waals surface area contributed by atoms with Gasteiger partial charge in [-0.1, -0.05) is 0 Å². The highest BCUT2D eigenvalue weighted by molar-refractivity contribution is 9.10. The molecule has 0 spiro atoms. The van der Waals surface area contributed by atoms with Gasteiger partial charge in [0.1, 0.15) is 5.75 Å². The second kappa shape index (κ2) is 4.73. The van der Waals surface area contributed by atoms with Crippen molar-refractivity contribution >= 4 is 22.2 Å². The van der Waals surface area contributed by atoms with Crippen molar-refractivity contribution in [2.24, 2.45) is 0 Å². The number of rotatable bonds is 3. The first kappa shape index (κ1) is 12.8. The summed E-state index contributed by atoms with van der Waals surface area (Å²) >= 11 is 2.87. The van der Waals surface area contributed by atoms with Crippen LogP contribution in [-0.4, -0.2) is 19.8 Å². The Morgan fingerprint density at radius 1 is 1.38 bits per heavy atom. The standard InChI is InChI=1S/C9H6BrF3O3/c1-15-6-2-5(4-14)8(7(10)3-6)16-9(11,12)13/h2-4H,1H3. The zero-order chi connectivity index (χ0) is 12.3. The zero-order valence-electron chi connectivity index (χ0n) is 7.97. The van der Waals surface area contributed by atoms with Crippen LogP contribution >= 0.6 is 15.9 Å². The van der Waals surface area contributed by atoms with Crippen molar-refractivity contribution in [3.05, 3.63) is 22.2 Å². The Kier molecular flexibility index (Phi) is 3.79. The van der Waals surface area contributed by atoms with Gasteiger partial charge in [0, 0.05) is 0 Å². The van der Waals surface area contributed by atoms with Gasteiger partial charge in [-0.2, -0.15) is 0 Å². The maximum Gasteiger partial charge on any atom is 0.573 e. The molecule has 1 aromatic rings.